The molecule has 0 amide bonds. The molecule has 0 radical (unpaired) electrons. The highest BCUT2D eigenvalue weighted by Crippen LogP contribution is 2.02. The zero-order chi connectivity index (χ0) is 17.9. The normalized spacial score (nSPS) is 12.5. The Hall–Kier alpha value is -4.47. The first kappa shape index (κ1) is 17.6. The Labute approximate surface area is 137 Å². The Balaban J connectivity index is 3.10. The molecule has 0 fully saturated rings. The number of nitriles is 4. The number of aliphatic imine (C=N–C) groups is 2. The van der Waals surface area contributed by atoms with Crippen LogP contribution in [0.4, 0.5) is 0 Å². The van der Waals surface area contributed by atoms with Crippen molar-refractivity contribution >= 4 is 12.4 Å². The quantitative estimate of drug-likeness (QED) is 0.592. The highest BCUT2D eigenvalue weighted by atomic mass is 14.8. The SMILES string of the molecule is N#C/C(N)=C(\C#N)N=Cc1cccc(C=N/C(C#N)=C(\N)C#N)n1. The molecular formula is C15H9N9. The summed E-state index contributed by atoms with van der Waals surface area (Å²) in [7, 11) is 0. The minimum atomic E-state index is -0.303. The number of nitrogens with zero attached hydrogens (tertiary/aromatic N) is 7. The Morgan fingerprint density at radius 1 is 0.833 bits per heavy atom. The van der Waals surface area contributed by atoms with Crippen LogP contribution in [0.5, 0.6) is 0 Å². The van der Waals surface area contributed by atoms with E-state index in [-0.39, 0.29) is 22.8 Å². The summed E-state index contributed by atoms with van der Waals surface area (Å²) in [4.78, 5) is 11.7. The van der Waals surface area contributed by atoms with Crippen LogP contribution < -0.4 is 11.5 Å². The fraction of sp³-hybridized carbons (Fsp3) is 0. The smallest absolute Gasteiger partial charge is 0.174 e. The van der Waals surface area contributed by atoms with Gasteiger partial charge in [0.05, 0.1) is 23.8 Å². The van der Waals surface area contributed by atoms with Crippen molar-refractivity contribution in [2.75, 3.05) is 0 Å². The first-order valence-corrected chi connectivity index (χ1v) is 6.20. The molecule has 0 saturated heterocycles. The second-order valence-electron chi connectivity index (χ2n) is 3.98. The molecule has 9 nitrogen and oxygen atoms in total. The monoisotopic (exact) mass is 315 g/mol. The van der Waals surface area contributed by atoms with Gasteiger partial charge in [-0.1, -0.05) is 6.07 Å². The molecule has 0 saturated carbocycles. The summed E-state index contributed by atoms with van der Waals surface area (Å²) in [6.45, 7) is 0. The maximum atomic E-state index is 8.84. The molecule has 1 rings (SSSR count). The van der Waals surface area contributed by atoms with E-state index < -0.39 is 0 Å². The van der Waals surface area contributed by atoms with Crippen LogP contribution in [-0.2, 0) is 0 Å². The predicted octanol–water partition coefficient (Wildman–Crippen LogP) is 0.354. The molecule has 0 aromatic carbocycles. The average Bonchev–Trinajstić information content (AvgIpc) is 2.62. The van der Waals surface area contributed by atoms with Crippen LogP contribution in [0.1, 0.15) is 11.4 Å². The van der Waals surface area contributed by atoms with Gasteiger partial charge in [-0.05, 0) is 12.1 Å². The summed E-state index contributed by atoms with van der Waals surface area (Å²) >= 11 is 0. The van der Waals surface area contributed by atoms with Gasteiger partial charge >= 0.3 is 0 Å². The number of aromatic nitrogens is 1. The summed E-state index contributed by atoms with van der Waals surface area (Å²) in [6.07, 6.45) is 2.51. The fourth-order valence-electron chi connectivity index (χ4n) is 1.30. The van der Waals surface area contributed by atoms with Gasteiger partial charge in [-0.3, -0.25) is 0 Å². The van der Waals surface area contributed by atoms with Gasteiger partial charge < -0.3 is 11.5 Å². The van der Waals surface area contributed by atoms with Crippen LogP contribution in [0.2, 0.25) is 0 Å². The number of allylic oxidation sites excluding steroid dienone is 4. The Bertz CT molecular complexity index is 848. The Morgan fingerprint density at radius 3 is 1.58 bits per heavy atom. The van der Waals surface area contributed by atoms with Gasteiger partial charge in [-0.15, -0.1) is 0 Å². The largest absolute Gasteiger partial charge is 0.388 e. The van der Waals surface area contributed by atoms with Crippen LogP contribution in [0.25, 0.3) is 0 Å². The average molecular weight is 315 g/mol. The highest BCUT2D eigenvalue weighted by Gasteiger charge is 2.01. The van der Waals surface area contributed by atoms with E-state index in [9.17, 15) is 0 Å². The molecule has 1 aromatic heterocycles. The lowest BCUT2D eigenvalue weighted by molar-refractivity contribution is 1.23. The van der Waals surface area contributed by atoms with E-state index in [4.69, 9.17) is 32.5 Å². The molecule has 9 heteroatoms. The zero-order valence-electron chi connectivity index (χ0n) is 12.2. The maximum Gasteiger partial charge on any atom is 0.174 e. The number of hydrogen-bond acceptors (Lipinski definition) is 9. The van der Waals surface area contributed by atoms with E-state index in [1.54, 1.807) is 42.5 Å². The molecular weight excluding hydrogens is 306 g/mol. The summed E-state index contributed by atoms with van der Waals surface area (Å²) in [5.74, 6) is 0. The molecule has 0 unspecified atom stereocenters. The third-order valence-corrected chi connectivity index (χ3v) is 2.41. The molecule has 0 aliphatic rings. The number of pyridine rings is 1. The number of hydrogen-bond donors (Lipinski definition) is 2. The van der Waals surface area contributed by atoms with Crippen molar-refractivity contribution in [3.05, 3.63) is 52.4 Å². The molecule has 0 aliphatic carbocycles. The van der Waals surface area contributed by atoms with Gasteiger partial charge in [0.1, 0.15) is 35.7 Å². The lowest BCUT2D eigenvalue weighted by Gasteiger charge is -1.96. The van der Waals surface area contributed by atoms with Crippen molar-refractivity contribution in [1.29, 1.82) is 21.0 Å². The van der Waals surface area contributed by atoms with E-state index in [0.29, 0.717) is 11.4 Å². The second kappa shape index (κ2) is 8.74. The molecule has 0 atom stereocenters. The molecule has 4 N–H and O–H groups in total. The van der Waals surface area contributed by atoms with E-state index in [1.807, 2.05) is 0 Å². The Morgan fingerprint density at radius 2 is 1.25 bits per heavy atom. The van der Waals surface area contributed by atoms with Gasteiger partial charge in [-0.25, -0.2) is 15.0 Å². The van der Waals surface area contributed by atoms with Crippen LogP contribution in [0, 0.1) is 45.3 Å². The minimum absolute atomic E-state index is 0.227. The van der Waals surface area contributed by atoms with Crippen LogP contribution >= 0.6 is 0 Å². The lowest BCUT2D eigenvalue weighted by Crippen LogP contribution is -1.99. The van der Waals surface area contributed by atoms with Gasteiger partial charge in [0.25, 0.3) is 0 Å². The van der Waals surface area contributed by atoms with Gasteiger partial charge in [0, 0.05) is 0 Å². The van der Waals surface area contributed by atoms with E-state index in [1.165, 1.54) is 12.4 Å². The molecule has 0 bridgehead atoms. The van der Waals surface area contributed by atoms with Gasteiger partial charge in [0.2, 0.25) is 0 Å². The van der Waals surface area contributed by atoms with Crippen molar-refractivity contribution < 1.29 is 0 Å². The summed E-state index contributed by atoms with van der Waals surface area (Å²) in [5.41, 5.74) is 10.3. The van der Waals surface area contributed by atoms with Crippen molar-refractivity contribution in [2.24, 2.45) is 21.5 Å². The summed E-state index contributed by atoms with van der Waals surface area (Å²) < 4.78 is 0. The van der Waals surface area contributed by atoms with Crippen molar-refractivity contribution in [3.8, 4) is 24.3 Å². The first-order valence-electron chi connectivity index (χ1n) is 6.20. The van der Waals surface area contributed by atoms with Crippen LogP contribution in [0.3, 0.4) is 0 Å². The number of nitrogens with two attached hydrogens (primary N) is 2. The van der Waals surface area contributed by atoms with E-state index in [0.717, 1.165) is 0 Å². The second-order valence-corrected chi connectivity index (χ2v) is 3.98. The lowest BCUT2D eigenvalue weighted by atomic mass is 10.3. The molecule has 24 heavy (non-hydrogen) atoms. The van der Waals surface area contributed by atoms with Crippen LogP contribution in [0.15, 0.2) is 51.0 Å². The molecule has 0 aliphatic heterocycles. The summed E-state index contributed by atoms with van der Waals surface area (Å²) in [5, 5.41) is 34.9. The fourth-order valence-corrected chi connectivity index (χ4v) is 1.30. The van der Waals surface area contributed by atoms with E-state index in [2.05, 4.69) is 15.0 Å². The molecule has 114 valence electrons. The number of rotatable bonds is 4. The predicted molar refractivity (Wildman–Crippen MR) is 84.3 cm³/mol. The topological polar surface area (TPSA) is 185 Å². The highest BCUT2D eigenvalue weighted by molar-refractivity contribution is 5.83. The summed E-state index contributed by atoms with van der Waals surface area (Å²) in [6, 6.07) is 11.5. The van der Waals surface area contributed by atoms with Crippen molar-refractivity contribution in [3.63, 3.8) is 0 Å². The third-order valence-electron chi connectivity index (χ3n) is 2.41. The van der Waals surface area contributed by atoms with Crippen molar-refractivity contribution in [1.82, 2.24) is 4.98 Å². The zero-order valence-corrected chi connectivity index (χ0v) is 12.2. The first-order chi connectivity index (χ1) is 11.5. The molecule has 0 spiro atoms. The maximum absolute atomic E-state index is 8.84. The minimum Gasteiger partial charge on any atom is -0.388 e. The van der Waals surface area contributed by atoms with Crippen molar-refractivity contribution in [2.45, 2.75) is 0 Å². The molecule has 1 aromatic rings. The standard InChI is InChI=1S/C15H9N9/c16-4-12(20)14(6-18)22-8-10-2-1-3-11(24-10)9-23-15(7-19)13(21)5-17/h1-3,8-9H,20-21H2/b14-12-,15-13-,22-8?,23-9?. The van der Waals surface area contributed by atoms with E-state index >= 15 is 0 Å². The third kappa shape index (κ3) is 4.82. The van der Waals surface area contributed by atoms with Crippen LogP contribution in [-0.4, -0.2) is 17.4 Å². The van der Waals surface area contributed by atoms with Gasteiger partial charge in [0.15, 0.2) is 11.4 Å². The molecule has 1 heterocycles. The Kier molecular flexibility index (Phi) is 6.40. The van der Waals surface area contributed by atoms with Gasteiger partial charge in [-0.2, -0.15) is 21.0 Å².